The first-order valence-electron chi connectivity index (χ1n) is 4.91. The molecule has 0 N–H and O–H groups in total. The maximum atomic E-state index is 11.8. The predicted octanol–water partition coefficient (Wildman–Crippen LogP) is 0.589. The molecule has 0 aromatic carbocycles. The summed E-state index contributed by atoms with van der Waals surface area (Å²) in [5, 5.41) is -0.633. The first kappa shape index (κ1) is 12.8. The second kappa shape index (κ2) is 4.74. The Kier molecular flexibility index (Phi) is 4.06. The lowest BCUT2D eigenvalue weighted by Gasteiger charge is -2.35. The van der Waals surface area contributed by atoms with Gasteiger partial charge in [-0.15, -0.1) is 0 Å². The highest BCUT2D eigenvalue weighted by Crippen LogP contribution is 2.21. The number of amides is 1. The fourth-order valence-corrected chi connectivity index (χ4v) is 4.34. The summed E-state index contributed by atoms with van der Waals surface area (Å²) >= 11 is 1.59. The topological polar surface area (TPSA) is 54.5 Å². The average Bonchev–Trinajstić information content (AvgIpc) is 2.15. The van der Waals surface area contributed by atoms with E-state index in [1.165, 1.54) is 11.2 Å². The van der Waals surface area contributed by atoms with E-state index in [0.717, 1.165) is 5.75 Å². The van der Waals surface area contributed by atoms with Gasteiger partial charge in [0.05, 0.1) is 0 Å². The Hall–Kier alpha value is -0.230. The van der Waals surface area contributed by atoms with E-state index < -0.39 is 15.2 Å². The third-order valence-electron chi connectivity index (χ3n) is 2.36. The van der Waals surface area contributed by atoms with E-state index in [2.05, 4.69) is 0 Å². The van der Waals surface area contributed by atoms with Crippen molar-refractivity contribution in [2.45, 2.75) is 19.2 Å². The molecule has 0 saturated carbocycles. The first-order chi connectivity index (χ1) is 6.84. The molecule has 1 fully saturated rings. The number of rotatable bonds is 2. The van der Waals surface area contributed by atoms with Gasteiger partial charge in [0.15, 0.2) is 9.84 Å². The number of sulfone groups is 1. The lowest BCUT2D eigenvalue weighted by Crippen LogP contribution is -2.51. The lowest BCUT2D eigenvalue weighted by atomic mass is 10.2. The summed E-state index contributed by atoms with van der Waals surface area (Å²) in [5.74, 6) is 1.12. The molecule has 1 rings (SSSR count). The molecular weight excluding hydrogens is 234 g/mol. The van der Waals surface area contributed by atoms with Gasteiger partial charge < -0.3 is 4.90 Å². The zero-order valence-electron chi connectivity index (χ0n) is 9.26. The molecule has 1 saturated heterocycles. The smallest absolute Gasteiger partial charge is 0.226 e. The van der Waals surface area contributed by atoms with Gasteiger partial charge >= 0.3 is 0 Å². The van der Waals surface area contributed by atoms with Crippen LogP contribution in [0.15, 0.2) is 0 Å². The van der Waals surface area contributed by atoms with Crippen LogP contribution in [0.1, 0.15) is 13.8 Å². The van der Waals surface area contributed by atoms with Crippen LogP contribution in [0.4, 0.5) is 0 Å². The number of thioether (sulfide) groups is 1. The van der Waals surface area contributed by atoms with Crippen LogP contribution in [0.3, 0.4) is 0 Å². The molecule has 0 bridgehead atoms. The van der Waals surface area contributed by atoms with Crippen LogP contribution < -0.4 is 0 Å². The molecule has 0 radical (unpaired) electrons. The van der Waals surface area contributed by atoms with E-state index >= 15 is 0 Å². The van der Waals surface area contributed by atoms with E-state index in [9.17, 15) is 13.2 Å². The van der Waals surface area contributed by atoms with Gasteiger partial charge in [-0.3, -0.25) is 4.79 Å². The standard InChI is InChI=1S/C9H17NO3S2/c1-7(2)9(11)10-4-5-14-6-8(10)15(3,12)13/h7-8H,4-6H2,1-3H3. The molecule has 15 heavy (non-hydrogen) atoms. The minimum Gasteiger partial charge on any atom is -0.324 e. The van der Waals surface area contributed by atoms with Crippen molar-refractivity contribution in [1.29, 1.82) is 0 Å². The van der Waals surface area contributed by atoms with Crippen molar-refractivity contribution in [2.24, 2.45) is 5.92 Å². The van der Waals surface area contributed by atoms with Crippen LogP contribution in [-0.4, -0.2) is 48.9 Å². The van der Waals surface area contributed by atoms with Crippen molar-refractivity contribution < 1.29 is 13.2 Å². The van der Waals surface area contributed by atoms with Crippen LogP contribution in [0, 0.1) is 5.92 Å². The van der Waals surface area contributed by atoms with Gasteiger partial charge in [-0.2, -0.15) is 11.8 Å². The maximum absolute atomic E-state index is 11.8. The summed E-state index contributed by atoms with van der Waals surface area (Å²) in [4.78, 5) is 13.3. The van der Waals surface area contributed by atoms with E-state index in [1.807, 2.05) is 0 Å². The van der Waals surface area contributed by atoms with Crippen LogP contribution >= 0.6 is 11.8 Å². The Bertz CT molecular complexity index is 337. The summed E-state index contributed by atoms with van der Waals surface area (Å²) in [6.45, 7) is 4.13. The van der Waals surface area contributed by atoms with Crippen molar-refractivity contribution in [3.05, 3.63) is 0 Å². The van der Waals surface area contributed by atoms with Crippen molar-refractivity contribution >= 4 is 27.5 Å². The second-order valence-electron chi connectivity index (χ2n) is 4.05. The Labute approximate surface area is 95.3 Å². The molecule has 1 unspecified atom stereocenters. The largest absolute Gasteiger partial charge is 0.324 e. The number of hydrogen-bond acceptors (Lipinski definition) is 4. The zero-order valence-corrected chi connectivity index (χ0v) is 10.9. The normalized spacial score (nSPS) is 23.2. The molecule has 0 spiro atoms. The van der Waals surface area contributed by atoms with Gasteiger partial charge in [-0.1, -0.05) is 13.8 Å². The molecule has 0 aromatic rings. The highest BCUT2D eigenvalue weighted by atomic mass is 32.2. The lowest BCUT2D eigenvalue weighted by molar-refractivity contribution is -0.134. The summed E-state index contributed by atoms with van der Waals surface area (Å²) in [6.07, 6.45) is 1.20. The van der Waals surface area contributed by atoms with Crippen LogP contribution in [0.2, 0.25) is 0 Å². The quantitative estimate of drug-likeness (QED) is 0.721. The molecule has 1 heterocycles. The highest BCUT2D eigenvalue weighted by molar-refractivity contribution is 8.00. The highest BCUT2D eigenvalue weighted by Gasteiger charge is 2.34. The third-order valence-corrected chi connectivity index (χ3v) is 5.00. The fraction of sp³-hybridized carbons (Fsp3) is 0.889. The molecule has 6 heteroatoms. The molecular formula is C9H17NO3S2. The van der Waals surface area contributed by atoms with Gasteiger partial charge in [-0.05, 0) is 0 Å². The maximum Gasteiger partial charge on any atom is 0.226 e. The molecule has 1 amide bonds. The van der Waals surface area contributed by atoms with Crippen molar-refractivity contribution in [3.63, 3.8) is 0 Å². The van der Waals surface area contributed by atoms with Gasteiger partial charge in [-0.25, -0.2) is 8.42 Å². The SMILES string of the molecule is CC(C)C(=O)N1CCSCC1S(C)(=O)=O. The molecule has 88 valence electrons. The van der Waals surface area contributed by atoms with E-state index in [1.54, 1.807) is 25.6 Å². The van der Waals surface area contributed by atoms with Crippen LogP contribution in [0.25, 0.3) is 0 Å². The number of hydrogen-bond donors (Lipinski definition) is 0. The Balaban J connectivity index is 2.89. The summed E-state index contributed by atoms with van der Waals surface area (Å²) in [7, 11) is -3.17. The molecule has 0 aromatic heterocycles. The van der Waals surface area contributed by atoms with Gasteiger partial charge in [0.2, 0.25) is 5.91 Å². The Morgan fingerprint density at radius 1 is 1.47 bits per heavy atom. The van der Waals surface area contributed by atoms with Crippen molar-refractivity contribution in [3.8, 4) is 0 Å². The van der Waals surface area contributed by atoms with Crippen LogP contribution in [-0.2, 0) is 14.6 Å². The molecule has 1 aliphatic rings. The molecule has 1 aliphatic heterocycles. The molecule has 1 atom stereocenters. The van der Waals surface area contributed by atoms with Crippen molar-refractivity contribution in [1.82, 2.24) is 4.90 Å². The number of carbonyl (C=O) groups excluding carboxylic acids is 1. The van der Waals surface area contributed by atoms with E-state index in [-0.39, 0.29) is 11.8 Å². The predicted molar refractivity (Wildman–Crippen MR) is 62.5 cm³/mol. The zero-order chi connectivity index (χ0) is 11.6. The van der Waals surface area contributed by atoms with E-state index in [4.69, 9.17) is 0 Å². The summed E-state index contributed by atoms with van der Waals surface area (Å²) in [6, 6.07) is 0. The first-order valence-corrected chi connectivity index (χ1v) is 8.02. The Morgan fingerprint density at radius 2 is 2.07 bits per heavy atom. The minimum atomic E-state index is -3.17. The van der Waals surface area contributed by atoms with Gasteiger partial charge in [0, 0.05) is 30.2 Å². The number of carbonyl (C=O) groups is 1. The van der Waals surface area contributed by atoms with E-state index in [0.29, 0.717) is 12.3 Å². The monoisotopic (exact) mass is 251 g/mol. The van der Waals surface area contributed by atoms with Crippen LogP contribution in [0.5, 0.6) is 0 Å². The summed E-state index contributed by atoms with van der Waals surface area (Å²) < 4.78 is 23.0. The Morgan fingerprint density at radius 3 is 2.53 bits per heavy atom. The third kappa shape index (κ3) is 3.11. The average molecular weight is 251 g/mol. The summed E-state index contributed by atoms with van der Waals surface area (Å²) in [5.41, 5.74) is 0. The van der Waals surface area contributed by atoms with Gasteiger partial charge in [0.1, 0.15) is 5.37 Å². The van der Waals surface area contributed by atoms with Gasteiger partial charge in [0.25, 0.3) is 0 Å². The molecule has 0 aliphatic carbocycles. The fourth-order valence-electron chi connectivity index (χ4n) is 1.52. The van der Waals surface area contributed by atoms with Crippen molar-refractivity contribution in [2.75, 3.05) is 24.3 Å². The molecule has 4 nitrogen and oxygen atoms in total. The number of nitrogens with zero attached hydrogens (tertiary/aromatic N) is 1. The second-order valence-corrected chi connectivity index (χ2v) is 7.40. The minimum absolute atomic E-state index is 0.0641.